The van der Waals surface area contributed by atoms with Crippen molar-refractivity contribution in [3.63, 3.8) is 0 Å². The van der Waals surface area contributed by atoms with Crippen LogP contribution < -0.4 is 10.6 Å². The Balaban J connectivity index is 1.61. The summed E-state index contributed by atoms with van der Waals surface area (Å²) in [4.78, 5) is 50.0. The van der Waals surface area contributed by atoms with Gasteiger partial charge in [-0.15, -0.1) is 11.8 Å². The molecule has 3 aliphatic rings. The molecule has 2 N–H and O–H groups in total. The van der Waals surface area contributed by atoms with Crippen LogP contribution in [0.1, 0.15) is 46.4 Å². The molecule has 0 spiro atoms. The van der Waals surface area contributed by atoms with Crippen molar-refractivity contribution in [3.05, 3.63) is 29.1 Å². The highest BCUT2D eigenvalue weighted by atomic mass is 32.2. The average Bonchev–Trinajstić information content (AvgIpc) is 2.87. The van der Waals surface area contributed by atoms with Crippen LogP contribution in [0.25, 0.3) is 0 Å². The number of rotatable bonds is 3. The minimum Gasteiger partial charge on any atom is -0.316 e. The topological polar surface area (TPSA) is 95.6 Å². The van der Waals surface area contributed by atoms with Gasteiger partial charge in [-0.05, 0) is 37.9 Å². The van der Waals surface area contributed by atoms with E-state index in [-0.39, 0.29) is 29.2 Å². The molecule has 9 heteroatoms. The van der Waals surface area contributed by atoms with Gasteiger partial charge < -0.3 is 5.32 Å². The second kappa shape index (κ2) is 7.05. The Kier molecular flexibility index (Phi) is 4.73. The van der Waals surface area contributed by atoms with Crippen LogP contribution in [0.3, 0.4) is 0 Å². The summed E-state index contributed by atoms with van der Waals surface area (Å²) in [5.41, 5.74) is 0.0747. The number of carbonyl (C=O) groups is 4. The number of piperidine rings is 2. The number of amides is 4. The monoisotopic (exact) mass is 391 g/mol. The van der Waals surface area contributed by atoms with E-state index in [0.29, 0.717) is 4.90 Å². The van der Waals surface area contributed by atoms with E-state index in [1.54, 1.807) is 0 Å². The Labute approximate surface area is 159 Å². The number of nitrogens with zero attached hydrogens (tertiary/aromatic N) is 1. The smallest absolute Gasteiger partial charge is 0.262 e. The molecule has 7 nitrogen and oxygen atoms in total. The standard InChI is InChI=1S/C18H18FN3O4S/c19-12-6-10-11(7-14(12)27-9-2-1-5-20-8-9)18(26)22(17(10)25)13-3-4-15(23)21-16(13)24/h6-7,9,13,20H,1-5,8H2,(H,21,23,24). The van der Waals surface area contributed by atoms with Gasteiger partial charge in [-0.1, -0.05) is 0 Å². The number of nitrogens with one attached hydrogen (secondary N) is 2. The third-order valence-corrected chi connectivity index (χ3v) is 6.34. The molecule has 0 bridgehead atoms. The van der Waals surface area contributed by atoms with Crippen molar-refractivity contribution in [3.8, 4) is 0 Å². The highest BCUT2D eigenvalue weighted by Crippen LogP contribution is 2.35. The average molecular weight is 391 g/mol. The second-order valence-electron chi connectivity index (χ2n) is 6.86. The van der Waals surface area contributed by atoms with Crippen molar-refractivity contribution in [2.45, 2.75) is 41.9 Å². The van der Waals surface area contributed by atoms with Gasteiger partial charge in [-0.2, -0.15) is 0 Å². The van der Waals surface area contributed by atoms with E-state index >= 15 is 0 Å². The van der Waals surface area contributed by atoms with Crippen LogP contribution in [0, 0.1) is 5.82 Å². The maximum absolute atomic E-state index is 14.6. The molecule has 0 aliphatic carbocycles. The summed E-state index contributed by atoms with van der Waals surface area (Å²) in [6, 6.07) is 1.45. The zero-order chi connectivity index (χ0) is 19.1. The zero-order valence-electron chi connectivity index (χ0n) is 14.4. The van der Waals surface area contributed by atoms with Crippen LogP contribution in [-0.2, 0) is 9.59 Å². The molecule has 0 radical (unpaired) electrons. The Morgan fingerprint density at radius 1 is 1.07 bits per heavy atom. The van der Waals surface area contributed by atoms with Gasteiger partial charge in [0.2, 0.25) is 11.8 Å². The van der Waals surface area contributed by atoms with Gasteiger partial charge in [0.05, 0.1) is 11.1 Å². The van der Waals surface area contributed by atoms with E-state index in [0.717, 1.165) is 36.9 Å². The summed E-state index contributed by atoms with van der Waals surface area (Å²) in [5, 5.41) is 5.60. The number of hydrogen-bond donors (Lipinski definition) is 2. The number of carbonyl (C=O) groups excluding carboxylic acids is 4. The highest BCUT2D eigenvalue weighted by molar-refractivity contribution is 8.00. The second-order valence-corrected chi connectivity index (χ2v) is 8.20. The Hall–Kier alpha value is -2.26. The van der Waals surface area contributed by atoms with Gasteiger partial charge in [0.1, 0.15) is 11.9 Å². The highest BCUT2D eigenvalue weighted by Gasteiger charge is 2.45. The molecule has 2 unspecified atom stereocenters. The van der Waals surface area contributed by atoms with Crippen LogP contribution >= 0.6 is 11.8 Å². The maximum Gasteiger partial charge on any atom is 0.262 e. The fraction of sp³-hybridized carbons (Fsp3) is 0.444. The van der Waals surface area contributed by atoms with E-state index in [2.05, 4.69) is 10.6 Å². The molecule has 0 saturated carbocycles. The molecule has 142 valence electrons. The number of hydrogen-bond acceptors (Lipinski definition) is 6. The number of halogens is 1. The van der Waals surface area contributed by atoms with Gasteiger partial charge in [0, 0.05) is 23.1 Å². The van der Waals surface area contributed by atoms with Gasteiger partial charge in [-0.3, -0.25) is 29.4 Å². The van der Waals surface area contributed by atoms with Gasteiger partial charge in [-0.25, -0.2) is 4.39 Å². The predicted octanol–water partition coefficient (Wildman–Crippen LogP) is 1.07. The summed E-state index contributed by atoms with van der Waals surface area (Å²) in [6.45, 7) is 1.70. The molecule has 1 aromatic carbocycles. The molecule has 27 heavy (non-hydrogen) atoms. The first-order valence-electron chi connectivity index (χ1n) is 8.88. The molecule has 4 rings (SSSR count). The number of imide groups is 2. The molecule has 1 aromatic rings. The molecule has 4 amide bonds. The molecule has 2 fully saturated rings. The van der Waals surface area contributed by atoms with E-state index in [1.807, 2.05) is 0 Å². The Morgan fingerprint density at radius 2 is 1.81 bits per heavy atom. The van der Waals surface area contributed by atoms with Gasteiger partial charge in [0.25, 0.3) is 11.8 Å². The van der Waals surface area contributed by atoms with E-state index in [9.17, 15) is 23.6 Å². The third-order valence-electron chi connectivity index (χ3n) is 5.04. The van der Waals surface area contributed by atoms with Crippen LogP contribution in [0.5, 0.6) is 0 Å². The van der Waals surface area contributed by atoms with Crippen LogP contribution in [-0.4, -0.2) is 52.9 Å². The summed E-state index contributed by atoms with van der Waals surface area (Å²) >= 11 is 1.35. The molecular formula is C18H18FN3O4S. The molecular weight excluding hydrogens is 373 g/mol. The van der Waals surface area contributed by atoms with Crippen molar-refractivity contribution in [1.29, 1.82) is 0 Å². The summed E-state index contributed by atoms with van der Waals surface area (Å²) in [6.07, 6.45) is 2.08. The van der Waals surface area contributed by atoms with Crippen molar-refractivity contribution >= 4 is 35.4 Å². The van der Waals surface area contributed by atoms with Crippen molar-refractivity contribution in [1.82, 2.24) is 15.5 Å². The zero-order valence-corrected chi connectivity index (χ0v) is 15.2. The lowest BCUT2D eigenvalue weighted by atomic mass is 10.0. The molecule has 3 heterocycles. The van der Waals surface area contributed by atoms with Crippen molar-refractivity contribution in [2.75, 3.05) is 13.1 Å². The first kappa shape index (κ1) is 18.1. The van der Waals surface area contributed by atoms with Crippen molar-refractivity contribution < 1.29 is 23.6 Å². The first-order valence-corrected chi connectivity index (χ1v) is 9.76. The van der Waals surface area contributed by atoms with Crippen LogP contribution in [0.15, 0.2) is 17.0 Å². The molecule has 3 aliphatic heterocycles. The SMILES string of the molecule is O=C1CCC(N2C(=O)c3cc(F)c(SC4CCCNC4)cc3C2=O)C(=O)N1. The van der Waals surface area contributed by atoms with E-state index in [1.165, 1.54) is 17.8 Å². The normalized spacial score (nSPS) is 25.6. The Bertz CT molecular complexity index is 853. The fourth-order valence-corrected chi connectivity index (χ4v) is 4.86. The van der Waals surface area contributed by atoms with Crippen molar-refractivity contribution in [2.24, 2.45) is 0 Å². The maximum atomic E-state index is 14.6. The lowest BCUT2D eigenvalue weighted by Gasteiger charge is -2.27. The minimum atomic E-state index is -1.04. The molecule has 2 atom stereocenters. The number of fused-ring (bicyclic) bond motifs is 1. The first-order chi connectivity index (χ1) is 13.0. The Morgan fingerprint density at radius 3 is 2.48 bits per heavy atom. The van der Waals surface area contributed by atoms with E-state index in [4.69, 9.17) is 0 Å². The lowest BCUT2D eigenvalue weighted by molar-refractivity contribution is -0.136. The molecule has 2 saturated heterocycles. The summed E-state index contributed by atoms with van der Waals surface area (Å²) in [5.74, 6) is -2.97. The quantitative estimate of drug-likeness (QED) is 0.749. The lowest BCUT2D eigenvalue weighted by Crippen LogP contribution is -2.54. The number of benzene rings is 1. The largest absolute Gasteiger partial charge is 0.316 e. The van der Waals surface area contributed by atoms with Gasteiger partial charge >= 0.3 is 0 Å². The minimum absolute atomic E-state index is 0.0340. The van der Waals surface area contributed by atoms with Gasteiger partial charge in [0.15, 0.2) is 0 Å². The van der Waals surface area contributed by atoms with Crippen LogP contribution in [0.4, 0.5) is 4.39 Å². The molecule has 0 aromatic heterocycles. The summed E-state index contributed by atoms with van der Waals surface area (Å²) in [7, 11) is 0. The van der Waals surface area contributed by atoms with E-state index < -0.39 is 35.5 Å². The van der Waals surface area contributed by atoms with Crippen LogP contribution in [0.2, 0.25) is 0 Å². The summed E-state index contributed by atoms with van der Waals surface area (Å²) < 4.78 is 14.6. The fourth-order valence-electron chi connectivity index (χ4n) is 3.66. The third kappa shape index (κ3) is 3.25. The predicted molar refractivity (Wildman–Crippen MR) is 94.8 cm³/mol. The number of thioether (sulfide) groups is 1.